The first-order valence-electron chi connectivity index (χ1n) is 14.5. The molecule has 1 aliphatic rings. The number of para-hydroxylation sites is 1. The van der Waals surface area contributed by atoms with Crippen molar-refractivity contribution in [3.8, 4) is 5.69 Å². The topological polar surface area (TPSA) is 134 Å². The van der Waals surface area contributed by atoms with Crippen LogP contribution in [0.4, 0.5) is 4.79 Å². The van der Waals surface area contributed by atoms with Gasteiger partial charge in [-0.05, 0) is 57.7 Å². The Morgan fingerprint density at radius 2 is 1.65 bits per heavy atom. The molecule has 226 valence electrons. The lowest BCUT2D eigenvalue weighted by Crippen LogP contribution is -2.54. The molecule has 43 heavy (non-hydrogen) atoms. The van der Waals surface area contributed by atoms with E-state index in [-0.39, 0.29) is 37.4 Å². The lowest BCUT2D eigenvalue weighted by molar-refractivity contribution is -0.141. The van der Waals surface area contributed by atoms with Crippen molar-refractivity contribution in [2.75, 3.05) is 19.6 Å². The summed E-state index contributed by atoms with van der Waals surface area (Å²) in [6, 6.07) is 19.0. The highest BCUT2D eigenvalue weighted by Crippen LogP contribution is 2.27. The number of piperidine rings is 1. The smallest absolute Gasteiger partial charge is 0.407 e. The number of amides is 2. The van der Waals surface area contributed by atoms with E-state index in [1.54, 1.807) is 9.58 Å². The van der Waals surface area contributed by atoms with Crippen molar-refractivity contribution < 1.29 is 19.8 Å². The number of benzene rings is 2. The second-order valence-corrected chi connectivity index (χ2v) is 12.3. The third-order valence-corrected chi connectivity index (χ3v) is 8.14. The van der Waals surface area contributed by atoms with Gasteiger partial charge in [0.1, 0.15) is 11.7 Å². The molecule has 11 heteroatoms. The van der Waals surface area contributed by atoms with Crippen LogP contribution in [0.25, 0.3) is 16.7 Å². The lowest BCUT2D eigenvalue weighted by Gasteiger charge is -2.41. The van der Waals surface area contributed by atoms with Crippen LogP contribution in [0.1, 0.15) is 39.2 Å². The molecular weight excluding hydrogens is 548 g/mol. The molecule has 0 unspecified atom stereocenters. The molecule has 0 bridgehead atoms. The first-order valence-corrected chi connectivity index (χ1v) is 14.5. The predicted molar refractivity (Wildman–Crippen MR) is 162 cm³/mol. The van der Waals surface area contributed by atoms with E-state index in [0.29, 0.717) is 30.5 Å². The fraction of sp³-hybridized carbons (Fsp3) is 0.406. The van der Waals surface area contributed by atoms with Crippen molar-refractivity contribution in [2.24, 2.45) is 5.92 Å². The van der Waals surface area contributed by atoms with Gasteiger partial charge < -0.3 is 20.0 Å². The van der Waals surface area contributed by atoms with Gasteiger partial charge in [0.2, 0.25) is 5.91 Å². The van der Waals surface area contributed by atoms with E-state index in [1.807, 2.05) is 81.4 Å². The SMILES string of the molecule is CC(C)(C)N(C[C@H](Cc1ccccc1)C(=O)N1CCC(O)(Cn2cnc3c(cnn3-c3ccccc3)c2=O)CC1)C(=O)O. The zero-order valence-electron chi connectivity index (χ0n) is 24.8. The Kier molecular flexibility index (Phi) is 8.36. The zero-order chi connectivity index (χ0) is 30.8. The summed E-state index contributed by atoms with van der Waals surface area (Å²) < 4.78 is 3.01. The Hall–Kier alpha value is -4.51. The van der Waals surface area contributed by atoms with Crippen molar-refractivity contribution in [2.45, 2.75) is 57.7 Å². The standard InChI is InChI=1S/C32H38N6O5/c1-31(2,3)37(30(41)42)20-24(18-23-10-6-4-7-11-23)28(39)35-16-14-32(43,15-17-35)21-36-22-33-27-26(29(36)40)19-34-38(27)25-12-8-5-9-13-25/h4-13,19,22,24,43H,14-18,20-21H2,1-3H3,(H,41,42)/t24-/m0/s1. The highest BCUT2D eigenvalue weighted by Gasteiger charge is 2.38. The van der Waals surface area contributed by atoms with E-state index >= 15 is 0 Å². The molecule has 1 fully saturated rings. The number of hydrogen-bond acceptors (Lipinski definition) is 6. The molecule has 0 spiro atoms. The average molecular weight is 587 g/mol. The first kappa shape index (κ1) is 30.0. The number of aliphatic hydroxyl groups is 1. The molecule has 1 aliphatic heterocycles. The maximum absolute atomic E-state index is 13.8. The van der Waals surface area contributed by atoms with Gasteiger partial charge in [0.15, 0.2) is 5.65 Å². The van der Waals surface area contributed by atoms with Crippen LogP contribution in [0.3, 0.4) is 0 Å². The van der Waals surface area contributed by atoms with Gasteiger partial charge in [-0.1, -0.05) is 48.5 Å². The average Bonchev–Trinajstić information content (AvgIpc) is 3.42. The van der Waals surface area contributed by atoms with Crippen LogP contribution in [0.5, 0.6) is 0 Å². The number of nitrogens with zero attached hydrogens (tertiary/aromatic N) is 6. The molecule has 0 radical (unpaired) electrons. The number of fused-ring (bicyclic) bond motifs is 1. The van der Waals surface area contributed by atoms with E-state index in [4.69, 9.17) is 0 Å². The van der Waals surface area contributed by atoms with E-state index in [2.05, 4.69) is 10.1 Å². The molecule has 11 nitrogen and oxygen atoms in total. The Morgan fingerprint density at radius 1 is 1.02 bits per heavy atom. The summed E-state index contributed by atoms with van der Waals surface area (Å²) in [4.78, 5) is 46.7. The van der Waals surface area contributed by atoms with Crippen molar-refractivity contribution in [3.63, 3.8) is 0 Å². The van der Waals surface area contributed by atoms with Crippen LogP contribution in [-0.4, -0.2) is 82.1 Å². The highest BCUT2D eigenvalue weighted by atomic mass is 16.4. The van der Waals surface area contributed by atoms with Crippen LogP contribution >= 0.6 is 0 Å². The number of hydrogen-bond donors (Lipinski definition) is 2. The molecule has 2 aromatic carbocycles. The highest BCUT2D eigenvalue weighted by molar-refractivity contribution is 5.80. The van der Waals surface area contributed by atoms with E-state index in [0.717, 1.165) is 11.3 Å². The van der Waals surface area contributed by atoms with Gasteiger partial charge in [0, 0.05) is 25.2 Å². The normalized spacial score (nSPS) is 15.8. The largest absolute Gasteiger partial charge is 0.465 e. The summed E-state index contributed by atoms with van der Waals surface area (Å²) >= 11 is 0. The summed E-state index contributed by atoms with van der Waals surface area (Å²) in [5.41, 5.74) is -0.000977. The van der Waals surface area contributed by atoms with Crippen LogP contribution in [0.2, 0.25) is 0 Å². The molecule has 3 heterocycles. The fourth-order valence-corrected chi connectivity index (χ4v) is 5.68. The second kappa shape index (κ2) is 12.0. The minimum absolute atomic E-state index is 0.0393. The quantitative estimate of drug-likeness (QED) is 0.322. The zero-order valence-corrected chi connectivity index (χ0v) is 24.8. The Labute approximate surface area is 250 Å². The summed E-state index contributed by atoms with van der Waals surface area (Å²) in [5.74, 6) is -0.728. The van der Waals surface area contributed by atoms with Gasteiger partial charge >= 0.3 is 6.09 Å². The summed E-state index contributed by atoms with van der Waals surface area (Å²) in [6.07, 6.45) is 2.79. The molecular formula is C32H38N6O5. The number of carbonyl (C=O) groups is 2. The van der Waals surface area contributed by atoms with Crippen molar-refractivity contribution in [1.29, 1.82) is 0 Å². The van der Waals surface area contributed by atoms with Gasteiger partial charge in [0.05, 0.1) is 29.9 Å². The Bertz CT molecular complexity index is 1640. The Morgan fingerprint density at radius 3 is 2.26 bits per heavy atom. The number of carboxylic acid groups (broad SMARTS) is 1. The number of carbonyl (C=O) groups excluding carboxylic acids is 1. The molecule has 2 N–H and O–H groups in total. The molecule has 0 aliphatic carbocycles. The van der Waals surface area contributed by atoms with Gasteiger partial charge in [0.25, 0.3) is 5.56 Å². The Balaban J connectivity index is 1.30. The maximum Gasteiger partial charge on any atom is 0.407 e. The molecule has 2 aromatic heterocycles. The van der Waals surface area contributed by atoms with Crippen LogP contribution < -0.4 is 5.56 Å². The third kappa shape index (κ3) is 6.61. The molecule has 5 rings (SSSR count). The molecule has 2 amide bonds. The second-order valence-electron chi connectivity index (χ2n) is 12.3. The fourth-order valence-electron chi connectivity index (χ4n) is 5.68. The van der Waals surface area contributed by atoms with Crippen LogP contribution in [0, 0.1) is 5.92 Å². The summed E-state index contributed by atoms with van der Waals surface area (Å²) in [7, 11) is 0. The number of likely N-dealkylation sites (tertiary alicyclic amines) is 1. The van der Waals surface area contributed by atoms with Gasteiger partial charge in [-0.3, -0.25) is 14.2 Å². The van der Waals surface area contributed by atoms with E-state index in [9.17, 15) is 24.6 Å². The molecule has 1 saturated heterocycles. The minimum atomic E-state index is -1.21. The van der Waals surface area contributed by atoms with Gasteiger partial charge in [-0.15, -0.1) is 0 Å². The molecule has 4 aromatic rings. The number of aromatic nitrogens is 4. The molecule has 0 saturated carbocycles. The summed E-state index contributed by atoms with van der Waals surface area (Å²) in [5, 5.41) is 26.1. The minimum Gasteiger partial charge on any atom is -0.465 e. The monoisotopic (exact) mass is 586 g/mol. The van der Waals surface area contributed by atoms with Crippen LogP contribution in [0.15, 0.2) is 78.0 Å². The van der Waals surface area contributed by atoms with Crippen molar-refractivity contribution in [3.05, 3.63) is 89.1 Å². The third-order valence-electron chi connectivity index (χ3n) is 8.14. The number of rotatable bonds is 8. The van der Waals surface area contributed by atoms with Gasteiger partial charge in [-0.2, -0.15) is 5.10 Å². The summed E-state index contributed by atoms with van der Waals surface area (Å²) in [6.45, 7) is 6.12. The molecule has 1 atom stereocenters. The van der Waals surface area contributed by atoms with Gasteiger partial charge in [-0.25, -0.2) is 14.5 Å². The van der Waals surface area contributed by atoms with Crippen LogP contribution in [-0.2, 0) is 17.8 Å². The van der Waals surface area contributed by atoms with E-state index in [1.165, 1.54) is 22.0 Å². The predicted octanol–water partition coefficient (Wildman–Crippen LogP) is 3.57. The first-order chi connectivity index (χ1) is 20.4. The maximum atomic E-state index is 13.8. The van der Waals surface area contributed by atoms with E-state index < -0.39 is 23.2 Å². The lowest BCUT2D eigenvalue weighted by atomic mass is 9.89. The van der Waals surface area contributed by atoms with Crippen molar-refractivity contribution in [1.82, 2.24) is 29.1 Å². The van der Waals surface area contributed by atoms with Crippen molar-refractivity contribution >= 4 is 23.0 Å².